The minimum atomic E-state index is -4.57. The molecule has 2 aromatic rings. The highest BCUT2D eigenvalue weighted by atomic mass is 35.5. The first-order valence-electron chi connectivity index (χ1n) is 10.2. The van der Waals surface area contributed by atoms with E-state index in [1.165, 1.54) is 6.07 Å². The quantitative estimate of drug-likeness (QED) is 0.470. The van der Waals surface area contributed by atoms with Crippen molar-refractivity contribution in [1.82, 2.24) is 4.90 Å². The summed E-state index contributed by atoms with van der Waals surface area (Å²) < 4.78 is 46.0. The molecule has 1 amide bonds. The fourth-order valence-electron chi connectivity index (χ4n) is 3.56. The molecule has 0 radical (unpaired) electrons. The number of piperidine rings is 1. The van der Waals surface area contributed by atoms with Gasteiger partial charge in [0.05, 0.1) is 10.6 Å². The van der Waals surface area contributed by atoms with Crippen LogP contribution in [0.5, 0.6) is 0 Å². The number of likely N-dealkylation sites (tertiary alicyclic amines) is 1. The van der Waals surface area contributed by atoms with E-state index in [1.807, 2.05) is 20.8 Å². The SMILES string of the molecule is CC(C)(C)OC(=O)N1CCCC(Sc2ccc(-c3c(Cl)cc(N)cc3C(F)(F)F)cc2)C1. The lowest BCUT2D eigenvalue weighted by Gasteiger charge is -2.33. The number of ether oxygens (including phenoxy) is 1. The summed E-state index contributed by atoms with van der Waals surface area (Å²) in [7, 11) is 0. The molecule has 1 atom stereocenters. The number of hydrogen-bond acceptors (Lipinski definition) is 4. The molecule has 0 aromatic heterocycles. The number of halogens is 4. The number of thioether (sulfide) groups is 1. The molecule has 1 unspecified atom stereocenters. The molecule has 1 fully saturated rings. The summed E-state index contributed by atoms with van der Waals surface area (Å²) >= 11 is 7.73. The monoisotopic (exact) mass is 486 g/mol. The first kappa shape index (κ1) is 24.6. The van der Waals surface area contributed by atoms with Crippen molar-refractivity contribution in [1.29, 1.82) is 0 Å². The van der Waals surface area contributed by atoms with Crippen LogP contribution in [0.3, 0.4) is 0 Å². The van der Waals surface area contributed by atoms with Crippen LogP contribution < -0.4 is 5.73 Å². The summed E-state index contributed by atoms with van der Waals surface area (Å²) in [5, 5.41) is 0.131. The molecule has 9 heteroatoms. The highest BCUT2D eigenvalue weighted by Gasteiger charge is 2.35. The van der Waals surface area contributed by atoms with E-state index in [2.05, 4.69) is 0 Å². The van der Waals surface area contributed by atoms with Crippen LogP contribution in [-0.2, 0) is 10.9 Å². The van der Waals surface area contributed by atoms with Gasteiger partial charge in [-0.25, -0.2) is 4.79 Å². The second-order valence-corrected chi connectivity index (χ2v) is 10.5. The Bertz CT molecular complexity index is 975. The second kappa shape index (κ2) is 9.43. The number of benzene rings is 2. The zero-order chi connectivity index (χ0) is 23.7. The fourth-order valence-corrected chi connectivity index (χ4v) is 5.12. The first-order chi connectivity index (χ1) is 14.8. The van der Waals surface area contributed by atoms with Gasteiger partial charge in [-0.15, -0.1) is 11.8 Å². The Kier molecular flexibility index (Phi) is 7.25. The van der Waals surface area contributed by atoms with Gasteiger partial charge in [-0.05, 0) is 63.4 Å². The summed E-state index contributed by atoms with van der Waals surface area (Å²) in [6.07, 6.45) is -3.09. The summed E-state index contributed by atoms with van der Waals surface area (Å²) in [5.41, 5.74) is 4.41. The predicted octanol–water partition coefficient (Wildman–Crippen LogP) is 7.10. The predicted molar refractivity (Wildman–Crippen MR) is 123 cm³/mol. The number of alkyl halides is 3. The molecule has 1 aliphatic rings. The lowest BCUT2D eigenvalue weighted by atomic mass is 9.98. The lowest BCUT2D eigenvalue weighted by Crippen LogP contribution is -2.43. The highest BCUT2D eigenvalue weighted by molar-refractivity contribution is 8.00. The largest absolute Gasteiger partial charge is 0.444 e. The fraction of sp³-hybridized carbons (Fsp3) is 0.435. The smallest absolute Gasteiger partial charge is 0.417 e. The molecule has 2 N–H and O–H groups in total. The Morgan fingerprint density at radius 1 is 1.19 bits per heavy atom. The van der Waals surface area contributed by atoms with Crippen molar-refractivity contribution in [2.45, 2.75) is 55.5 Å². The number of amides is 1. The Morgan fingerprint density at radius 2 is 1.84 bits per heavy atom. The van der Waals surface area contributed by atoms with Crippen molar-refractivity contribution in [2.24, 2.45) is 0 Å². The number of rotatable bonds is 3. The highest BCUT2D eigenvalue weighted by Crippen LogP contribution is 2.43. The molecule has 0 aliphatic carbocycles. The molecule has 32 heavy (non-hydrogen) atoms. The molecule has 4 nitrogen and oxygen atoms in total. The minimum Gasteiger partial charge on any atom is -0.444 e. The Balaban J connectivity index is 1.74. The zero-order valence-electron chi connectivity index (χ0n) is 18.1. The molecule has 0 saturated carbocycles. The van der Waals surface area contributed by atoms with Crippen molar-refractivity contribution in [3.8, 4) is 11.1 Å². The van der Waals surface area contributed by atoms with Crippen LogP contribution in [0.4, 0.5) is 23.7 Å². The molecular weight excluding hydrogens is 461 g/mol. The Morgan fingerprint density at radius 3 is 2.44 bits per heavy atom. The van der Waals surface area contributed by atoms with Gasteiger partial charge in [-0.1, -0.05) is 23.7 Å². The average Bonchev–Trinajstić information content (AvgIpc) is 2.66. The van der Waals surface area contributed by atoms with Crippen LogP contribution >= 0.6 is 23.4 Å². The van der Waals surface area contributed by atoms with E-state index in [-0.39, 0.29) is 27.6 Å². The third kappa shape index (κ3) is 6.25. The molecule has 3 rings (SSSR count). The maximum Gasteiger partial charge on any atom is 0.417 e. The number of carbonyl (C=O) groups is 1. The van der Waals surface area contributed by atoms with Gasteiger partial charge in [0.25, 0.3) is 0 Å². The van der Waals surface area contributed by atoms with Crippen LogP contribution in [0.15, 0.2) is 41.3 Å². The number of nitrogens with zero attached hydrogens (tertiary/aromatic N) is 1. The molecule has 0 spiro atoms. The van der Waals surface area contributed by atoms with Gasteiger partial charge in [-0.2, -0.15) is 13.2 Å². The zero-order valence-corrected chi connectivity index (χ0v) is 19.7. The minimum absolute atomic E-state index is 0.0370. The number of hydrogen-bond donors (Lipinski definition) is 1. The van der Waals surface area contributed by atoms with E-state index >= 15 is 0 Å². The van der Waals surface area contributed by atoms with Gasteiger partial charge in [0.1, 0.15) is 5.60 Å². The van der Waals surface area contributed by atoms with Crippen LogP contribution in [-0.4, -0.2) is 34.9 Å². The van der Waals surface area contributed by atoms with Crippen molar-refractivity contribution >= 4 is 35.1 Å². The average molecular weight is 487 g/mol. The lowest BCUT2D eigenvalue weighted by molar-refractivity contribution is -0.137. The van der Waals surface area contributed by atoms with E-state index in [4.69, 9.17) is 22.1 Å². The number of nitrogen functional groups attached to an aromatic ring is 1. The van der Waals surface area contributed by atoms with E-state index < -0.39 is 17.3 Å². The van der Waals surface area contributed by atoms with Crippen LogP contribution in [0.25, 0.3) is 11.1 Å². The first-order valence-corrected chi connectivity index (χ1v) is 11.5. The van der Waals surface area contributed by atoms with E-state index in [0.29, 0.717) is 18.7 Å². The van der Waals surface area contributed by atoms with Crippen molar-refractivity contribution < 1.29 is 22.7 Å². The number of carbonyl (C=O) groups excluding carboxylic acids is 1. The van der Waals surface area contributed by atoms with Crippen LogP contribution in [0.2, 0.25) is 5.02 Å². The Labute approximate surface area is 195 Å². The molecule has 1 heterocycles. The molecule has 0 bridgehead atoms. The van der Waals surface area contributed by atoms with Gasteiger partial charge < -0.3 is 15.4 Å². The standard InChI is InChI=1S/C23H26ClF3N2O2S/c1-22(2,3)31-21(30)29-10-4-5-17(13-29)32-16-8-6-14(7-9-16)20-18(23(25,26)27)11-15(28)12-19(20)24/h6-9,11-12,17H,4-5,10,13,28H2,1-3H3. The van der Waals surface area contributed by atoms with Gasteiger partial charge in [0, 0.05) is 34.5 Å². The third-order valence-electron chi connectivity index (χ3n) is 4.89. The van der Waals surface area contributed by atoms with E-state index in [9.17, 15) is 18.0 Å². The Hall–Kier alpha value is -2.06. The van der Waals surface area contributed by atoms with E-state index in [0.717, 1.165) is 23.8 Å². The normalized spacial score (nSPS) is 17.3. The third-order valence-corrected chi connectivity index (χ3v) is 6.45. The maximum absolute atomic E-state index is 13.5. The molecule has 1 aliphatic heterocycles. The number of nitrogens with two attached hydrogens (primary N) is 1. The summed E-state index contributed by atoms with van der Waals surface area (Å²) in [6.45, 7) is 6.71. The maximum atomic E-state index is 13.5. The summed E-state index contributed by atoms with van der Waals surface area (Å²) in [4.78, 5) is 15.0. The second-order valence-electron chi connectivity index (χ2n) is 8.76. The topological polar surface area (TPSA) is 55.6 Å². The summed E-state index contributed by atoms with van der Waals surface area (Å²) in [6, 6.07) is 9.03. The van der Waals surface area contributed by atoms with Crippen molar-refractivity contribution in [3.05, 3.63) is 47.0 Å². The molecule has 174 valence electrons. The van der Waals surface area contributed by atoms with Crippen molar-refractivity contribution in [2.75, 3.05) is 18.8 Å². The molecule has 2 aromatic carbocycles. The van der Waals surface area contributed by atoms with Gasteiger partial charge in [0.2, 0.25) is 0 Å². The summed E-state index contributed by atoms with van der Waals surface area (Å²) in [5.74, 6) is 0. The van der Waals surface area contributed by atoms with Crippen LogP contribution in [0, 0.1) is 0 Å². The molecular formula is C23H26ClF3N2O2S. The van der Waals surface area contributed by atoms with Crippen LogP contribution in [0.1, 0.15) is 39.2 Å². The van der Waals surface area contributed by atoms with Gasteiger partial charge in [0.15, 0.2) is 0 Å². The number of anilines is 1. The molecule has 1 saturated heterocycles. The van der Waals surface area contributed by atoms with Gasteiger partial charge >= 0.3 is 12.3 Å². The van der Waals surface area contributed by atoms with E-state index in [1.54, 1.807) is 40.9 Å². The van der Waals surface area contributed by atoms with Crippen molar-refractivity contribution in [3.63, 3.8) is 0 Å². The van der Waals surface area contributed by atoms with Gasteiger partial charge in [-0.3, -0.25) is 0 Å².